The molecule has 3 aliphatic rings. The maximum atomic E-state index is 14.3. The first-order valence-corrected chi connectivity index (χ1v) is 20.2. The molecule has 2 unspecified atom stereocenters. The van der Waals surface area contributed by atoms with Crippen molar-refractivity contribution in [3.8, 4) is 0 Å². The molecule has 0 spiro atoms. The summed E-state index contributed by atoms with van der Waals surface area (Å²) in [4.78, 5) is 59.6. The lowest BCUT2D eigenvalue weighted by Crippen LogP contribution is -2.52. The highest BCUT2D eigenvalue weighted by Gasteiger charge is 2.40. The number of nitrogens with zero attached hydrogens (tertiary/aromatic N) is 3. The van der Waals surface area contributed by atoms with Gasteiger partial charge in [-0.2, -0.15) is 4.98 Å². The first-order valence-electron chi connectivity index (χ1n) is 17.9. The van der Waals surface area contributed by atoms with Crippen molar-refractivity contribution < 1.29 is 32.0 Å². The summed E-state index contributed by atoms with van der Waals surface area (Å²) in [6.45, 7) is 0.324. The van der Waals surface area contributed by atoms with E-state index in [-0.39, 0.29) is 52.2 Å². The van der Waals surface area contributed by atoms with Gasteiger partial charge in [-0.3, -0.25) is 24.5 Å². The minimum atomic E-state index is -3.83. The van der Waals surface area contributed by atoms with Gasteiger partial charge < -0.3 is 21.3 Å². The molecule has 4 amide bonds. The fourth-order valence-electron chi connectivity index (χ4n) is 7.51. The van der Waals surface area contributed by atoms with Crippen molar-refractivity contribution in [2.24, 2.45) is 11.7 Å². The van der Waals surface area contributed by atoms with Gasteiger partial charge in [-0.1, -0.05) is 31.0 Å². The minimum Gasteiger partial charge on any atom is -0.365 e. The molecule has 14 nitrogen and oxygen atoms in total. The molecule has 2 aliphatic heterocycles. The smallest absolute Gasteiger partial charge is 0.255 e. The topological polar surface area (TPSA) is 206 Å². The van der Waals surface area contributed by atoms with Gasteiger partial charge in [0, 0.05) is 36.5 Å². The SMILES string of the molecule is NC(=O)c1c(F)cccc1Nc1nc(Nc2ccc(S(=O)(=O)N[C@@H]3CCCC(Cc4cccc5c4CN(C4CCC(=O)NC4=O)C5=O)CC3)cc2)ncc1Br. The van der Waals surface area contributed by atoms with Crippen LogP contribution in [0.4, 0.5) is 27.5 Å². The van der Waals surface area contributed by atoms with Crippen LogP contribution in [0.15, 0.2) is 76.2 Å². The van der Waals surface area contributed by atoms with Gasteiger partial charge in [0.05, 0.1) is 20.6 Å². The summed E-state index contributed by atoms with van der Waals surface area (Å²) in [6, 6.07) is 15.0. The van der Waals surface area contributed by atoms with Gasteiger partial charge in [-0.15, -0.1) is 0 Å². The summed E-state index contributed by atoms with van der Waals surface area (Å²) < 4.78 is 44.5. The van der Waals surface area contributed by atoms with Crippen molar-refractivity contribution in [2.45, 2.75) is 74.9 Å². The lowest BCUT2D eigenvalue weighted by atomic mass is 9.89. The lowest BCUT2D eigenvalue weighted by Gasteiger charge is -2.29. The minimum absolute atomic E-state index is 0.105. The number of aromatic nitrogens is 2. The Balaban J connectivity index is 0.951. The molecule has 2 fully saturated rings. The van der Waals surface area contributed by atoms with E-state index in [4.69, 9.17) is 5.73 Å². The third-order valence-corrected chi connectivity index (χ3v) is 12.4. The van der Waals surface area contributed by atoms with Crippen LogP contribution >= 0.6 is 15.9 Å². The lowest BCUT2D eigenvalue weighted by molar-refractivity contribution is -0.136. The van der Waals surface area contributed by atoms with E-state index in [0.717, 1.165) is 42.9 Å². The zero-order chi connectivity index (χ0) is 38.9. The fraction of sp³-hybridized carbons (Fsp3) is 0.316. The molecule has 4 aromatic rings. The Morgan fingerprint density at radius 1 is 0.982 bits per heavy atom. The molecule has 1 saturated heterocycles. The van der Waals surface area contributed by atoms with Crippen molar-refractivity contribution in [3.63, 3.8) is 0 Å². The number of carbonyl (C=O) groups is 4. The van der Waals surface area contributed by atoms with E-state index in [0.29, 0.717) is 47.4 Å². The largest absolute Gasteiger partial charge is 0.365 e. The number of piperidine rings is 1. The number of hydrogen-bond acceptors (Lipinski definition) is 10. The summed E-state index contributed by atoms with van der Waals surface area (Å²) >= 11 is 3.35. The number of sulfonamides is 1. The van der Waals surface area contributed by atoms with E-state index in [2.05, 4.69) is 46.6 Å². The van der Waals surface area contributed by atoms with Gasteiger partial charge in [0.25, 0.3) is 11.8 Å². The van der Waals surface area contributed by atoms with Crippen LogP contribution in [0.25, 0.3) is 0 Å². The number of hydrogen-bond donors (Lipinski definition) is 5. The highest BCUT2D eigenvalue weighted by molar-refractivity contribution is 9.10. The zero-order valence-electron chi connectivity index (χ0n) is 29.5. The summed E-state index contributed by atoms with van der Waals surface area (Å²) in [6.07, 6.45) is 6.62. The van der Waals surface area contributed by atoms with E-state index >= 15 is 0 Å². The number of imide groups is 1. The van der Waals surface area contributed by atoms with Gasteiger partial charge in [0.1, 0.15) is 17.7 Å². The van der Waals surface area contributed by atoms with Crippen LogP contribution in [-0.2, 0) is 32.6 Å². The van der Waals surface area contributed by atoms with E-state index in [1.165, 1.54) is 30.5 Å². The number of carbonyl (C=O) groups excluding carboxylic acids is 4. The molecule has 286 valence electrons. The predicted octanol–water partition coefficient (Wildman–Crippen LogP) is 5.20. The molecule has 17 heteroatoms. The van der Waals surface area contributed by atoms with Crippen LogP contribution in [-0.4, -0.2) is 59.0 Å². The Kier molecular flexibility index (Phi) is 11.0. The molecule has 1 saturated carbocycles. The van der Waals surface area contributed by atoms with Crippen LogP contribution in [0.5, 0.6) is 0 Å². The maximum absolute atomic E-state index is 14.3. The molecule has 1 aliphatic carbocycles. The van der Waals surface area contributed by atoms with Crippen molar-refractivity contribution in [1.29, 1.82) is 0 Å². The second-order valence-electron chi connectivity index (χ2n) is 13.9. The van der Waals surface area contributed by atoms with Crippen LogP contribution in [0, 0.1) is 11.7 Å². The number of primary amides is 1. The standard InChI is InChI=1S/C38H38BrFN8O6S/c39-28-19-42-38(46-35(28)44-30-9-3-8-29(40)33(30)34(41)50)43-23-12-14-25(15-13-23)55(53,54)47-24-6-1-4-21(10-11-24)18-22-5-2-7-26-27(22)20-48(37(26)52)31-16-17-32(49)45-36(31)51/h2-3,5,7-9,12-15,19,21,24,31,47H,1,4,6,10-11,16-18,20H2,(H2,41,50)(H,45,49,51)(H2,42,43,44,46)/t21?,24-,31?/m1/s1. The van der Waals surface area contributed by atoms with Crippen molar-refractivity contribution in [3.05, 3.63) is 99.4 Å². The Labute approximate surface area is 325 Å². The molecule has 3 aromatic carbocycles. The molecular weight excluding hydrogens is 795 g/mol. The second kappa shape index (κ2) is 15.8. The highest BCUT2D eigenvalue weighted by Crippen LogP contribution is 2.34. The normalized spacial score (nSPS) is 20.1. The Morgan fingerprint density at radius 2 is 1.76 bits per heavy atom. The fourth-order valence-corrected chi connectivity index (χ4v) is 9.10. The Hall–Kier alpha value is -5.26. The Morgan fingerprint density at radius 3 is 2.53 bits per heavy atom. The maximum Gasteiger partial charge on any atom is 0.255 e. The number of rotatable bonds is 11. The molecule has 3 heterocycles. The zero-order valence-corrected chi connectivity index (χ0v) is 31.9. The van der Waals surface area contributed by atoms with Crippen LogP contribution < -0.4 is 26.4 Å². The number of nitrogens with two attached hydrogens (primary N) is 1. The van der Waals surface area contributed by atoms with E-state index < -0.39 is 33.7 Å². The molecule has 0 bridgehead atoms. The third-order valence-electron chi connectivity index (χ3n) is 10.3. The number of amides is 4. The molecule has 6 N–H and O–H groups in total. The molecule has 55 heavy (non-hydrogen) atoms. The summed E-state index contributed by atoms with van der Waals surface area (Å²) in [5.41, 5.74) is 8.27. The molecule has 1 aromatic heterocycles. The number of nitrogens with one attached hydrogen (secondary N) is 4. The Bertz CT molecular complexity index is 2290. The average molecular weight is 834 g/mol. The first-order chi connectivity index (χ1) is 26.4. The van der Waals surface area contributed by atoms with Crippen molar-refractivity contribution in [1.82, 2.24) is 24.9 Å². The van der Waals surface area contributed by atoms with Gasteiger partial charge in [0.15, 0.2) is 0 Å². The number of halogens is 2. The van der Waals surface area contributed by atoms with Crippen molar-refractivity contribution in [2.75, 3.05) is 10.6 Å². The molecular formula is C38H38BrFN8O6S. The average Bonchev–Trinajstić information content (AvgIpc) is 3.32. The highest BCUT2D eigenvalue weighted by atomic mass is 79.9. The number of benzene rings is 3. The summed E-state index contributed by atoms with van der Waals surface area (Å²) in [5, 5.41) is 8.27. The second-order valence-corrected chi connectivity index (χ2v) is 16.5. The quantitative estimate of drug-likeness (QED) is 0.0988. The summed E-state index contributed by atoms with van der Waals surface area (Å²) in [7, 11) is -3.83. The monoisotopic (exact) mass is 832 g/mol. The van der Waals surface area contributed by atoms with Gasteiger partial charge in [-0.25, -0.2) is 22.5 Å². The number of anilines is 4. The number of fused-ring (bicyclic) bond motifs is 1. The molecule has 0 radical (unpaired) electrons. The van der Waals surface area contributed by atoms with E-state index in [1.54, 1.807) is 23.1 Å². The van der Waals surface area contributed by atoms with Crippen LogP contribution in [0.1, 0.15) is 76.8 Å². The van der Waals surface area contributed by atoms with Gasteiger partial charge in [-0.05, 0) is 108 Å². The predicted molar refractivity (Wildman–Crippen MR) is 205 cm³/mol. The van der Waals surface area contributed by atoms with Crippen molar-refractivity contribution >= 4 is 72.7 Å². The van der Waals surface area contributed by atoms with E-state index in [9.17, 15) is 32.0 Å². The van der Waals surface area contributed by atoms with E-state index in [1.807, 2.05) is 12.1 Å². The molecule has 7 rings (SSSR count). The van der Waals surface area contributed by atoms with Gasteiger partial charge in [0.2, 0.25) is 27.8 Å². The molecule has 3 atom stereocenters. The van der Waals surface area contributed by atoms with Crippen LogP contribution in [0.2, 0.25) is 0 Å². The third kappa shape index (κ3) is 8.38. The van der Waals surface area contributed by atoms with Crippen LogP contribution in [0.3, 0.4) is 0 Å². The van der Waals surface area contributed by atoms with Gasteiger partial charge >= 0.3 is 0 Å². The first kappa shape index (κ1) is 38.0. The summed E-state index contributed by atoms with van der Waals surface area (Å²) in [5.74, 6) is -1.99.